The first kappa shape index (κ1) is 21.3. The number of amides is 2. The fraction of sp³-hybridized carbons (Fsp3) is 0.652. The van der Waals surface area contributed by atoms with Gasteiger partial charge < -0.3 is 16.0 Å². The molecule has 8 heteroatoms. The van der Waals surface area contributed by atoms with Crippen molar-refractivity contribution >= 4 is 27.7 Å². The molecule has 0 radical (unpaired) electrons. The van der Waals surface area contributed by atoms with Gasteiger partial charge in [-0.2, -0.15) is 0 Å². The van der Waals surface area contributed by atoms with Crippen molar-refractivity contribution in [3.63, 3.8) is 0 Å². The Bertz CT molecular complexity index is 894. The number of benzene rings is 1. The lowest BCUT2D eigenvalue weighted by Gasteiger charge is -2.33. The van der Waals surface area contributed by atoms with E-state index in [4.69, 9.17) is 0 Å². The number of hydrogen-bond acceptors (Lipinski definition) is 3. The van der Waals surface area contributed by atoms with Crippen molar-refractivity contribution < 1.29 is 18.4 Å². The summed E-state index contributed by atoms with van der Waals surface area (Å²) in [7, 11) is 0. The summed E-state index contributed by atoms with van der Waals surface area (Å²) in [6.45, 7) is 1.01. The predicted octanol–water partition coefficient (Wildman–Crippen LogP) is 3.07. The van der Waals surface area contributed by atoms with Crippen LogP contribution in [0.3, 0.4) is 0 Å². The highest BCUT2D eigenvalue weighted by atomic mass is 79.9. The number of carbonyl (C=O) groups excluding carboxylic acids is 2. The summed E-state index contributed by atoms with van der Waals surface area (Å²) in [5.74, 6) is -1.19. The minimum Gasteiger partial charge on any atom is -0.352 e. The van der Waals surface area contributed by atoms with E-state index in [-0.39, 0.29) is 48.0 Å². The van der Waals surface area contributed by atoms with Crippen LogP contribution in [0.2, 0.25) is 0 Å². The molecular formula is C23H28BrF2N3O2. The van der Waals surface area contributed by atoms with Crippen molar-refractivity contribution in [3.05, 3.63) is 34.1 Å². The van der Waals surface area contributed by atoms with Crippen LogP contribution in [0.5, 0.6) is 0 Å². The second kappa shape index (κ2) is 8.10. The van der Waals surface area contributed by atoms with Crippen LogP contribution in [0.25, 0.3) is 0 Å². The van der Waals surface area contributed by atoms with E-state index < -0.39 is 24.0 Å². The highest BCUT2D eigenvalue weighted by Gasteiger charge is 2.71. The zero-order chi connectivity index (χ0) is 21.8. The molecule has 1 saturated heterocycles. The van der Waals surface area contributed by atoms with Crippen LogP contribution in [0.15, 0.2) is 22.7 Å². The average molecular weight is 496 g/mol. The maximum Gasteiger partial charge on any atom is 0.224 e. The second-order valence-electron chi connectivity index (χ2n) is 9.65. The number of halogens is 3. The molecule has 3 aliphatic carbocycles. The number of rotatable bonds is 5. The van der Waals surface area contributed by atoms with E-state index in [2.05, 4.69) is 31.9 Å². The number of alkyl halides is 1. The third kappa shape index (κ3) is 3.69. The van der Waals surface area contributed by atoms with Gasteiger partial charge in [-0.15, -0.1) is 0 Å². The molecule has 4 aliphatic rings. The van der Waals surface area contributed by atoms with Crippen molar-refractivity contribution in [2.75, 3.05) is 13.1 Å². The van der Waals surface area contributed by atoms with E-state index in [9.17, 15) is 18.4 Å². The molecule has 4 fully saturated rings. The first-order valence-electron chi connectivity index (χ1n) is 11.3. The topological polar surface area (TPSA) is 70.2 Å². The molecule has 1 spiro atoms. The molecule has 3 saturated carbocycles. The summed E-state index contributed by atoms with van der Waals surface area (Å²) in [5, 5.41) is 8.83. The van der Waals surface area contributed by atoms with Crippen molar-refractivity contribution in [1.82, 2.24) is 16.0 Å². The molecule has 5 nitrogen and oxygen atoms in total. The highest BCUT2D eigenvalue weighted by Crippen LogP contribution is 2.74. The van der Waals surface area contributed by atoms with Crippen LogP contribution < -0.4 is 16.0 Å². The quantitative estimate of drug-likeness (QED) is 0.587. The zero-order valence-corrected chi connectivity index (χ0v) is 18.9. The van der Waals surface area contributed by atoms with E-state index in [1.807, 2.05) is 0 Å². The Kier molecular flexibility index (Phi) is 5.57. The second-order valence-corrected chi connectivity index (χ2v) is 10.6. The normalized spacial score (nSPS) is 35.2. The van der Waals surface area contributed by atoms with Gasteiger partial charge in [-0.25, -0.2) is 8.78 Å². The van der Waals surface area contributed by atoms with Gasteiger partial charge in [0.15, 0.2) is 0 Å². The molecule has 5 rings (SSSR count). The first-order valence-corrected chi connectivity index (χ1v) is 12.1. The van der Waals surface area contributed by atoms with Crippen LogP contribution in [0, 0.1) is 34.9 Å². The average Bonchev–Trinajstić information content (AvgIpc) is 3.41. The molecule has 1 aliphatic heterocycles. The Labute approximate surface area is 189 Å². The lowest BCUT2D eigenvalue weighted by Crippen LogP contribution is -2.54. The highest BCUT2D eigenvalue weighted by molar-refractivity contribution is 9.10. The molecule has 1 aromatic rings. The molecule has 0 aromatic heterocycles. The standard InChI is InChI=1S/C23H28BrF2N3O2/c24-13-2-1-12(16(25)9-13)10-28-21(30)19-14-3-4-15(23(14)6-7-23)20(19)22(31)29-18-5-8-27-11-17(18)26/h1-2,9,14-15,17-20,27H,3-8,10-11H2,(H,28,30)(H,29,31)/t14-,15+,17-,18-,19+,20+/m0/s1. The van der Waals surface area contributed by atoms with Gasteiger partial charge >= 0.3 is 0 Å². The van der Waals surface area contributed by atoms with Gasteiger partial charge in [0, 0.05) is 23.1 Å². The van der Waals surface area contributed by atoms with Gasteiger partial charge in [-0.3, -0.25) is 9.59 Å². The summed E-state index contributed by atoms with van der Waals surface area (Å²) in [5.41, 5.74) is 0.521. The molecule has 31 heavy (non-hydrogen) atoms. The number of carbonyl (C=O) groups is 2. The summed E-state index contributed by atoms with van der Waals surface area (Å²) >= 11 is 3.24. The van der Waals surface area contributed by atoms with E-state index >= 15 is 0 Å². The largest absolute Gasteiger partial charge is 0.352 e. The van der Waals surface area contributed by atoms with Crippen LogP contribution in [0.1, 0.15) is 37.7 Å². The Morgan fingerprint density at radius 1 is 1.13 bits per heavy atom. The van der Waals surface area contributed by atoms with Gasteiger partial charge in [-0.1, -0.05) is 22.0 Å². The van der Waals surface area contributed by atoms with E-state index in [1.165, 1.54) is 6.07 Å². The monoisotopic (exact) mass is 495 g/mol. The Morgan fingerprint density at radius 2 is 1.84 bits per heavy atom. The molecule has 3 N–H and O–H groups in total. The fourth-order valence-electron chi connectivity index (χ4n) is 6.59. The maximum atomic E-state index is 14.3. The molecule has 1 aromatic carbocycles. The summed E-state index contributed by atoms with van der Waals surface area (Å²) in [4.78, 5) is 26.6. The minimum absolute atomic E-state index is 0.0913. The summed E-state index contributed by atoms with van der Waals surface area (Å²) in [6.07, 6.45) is 3.49. The van der Waals surface area contributed by atoms with Gasteiger partial charge in [0.05, 0.1) is 17.9 Å². The molecule has 168 valence electrons. The van der Waals surface area contributed by atoms with Crippen molar-refractivity contribution in [2.45, 2.75) is 50.9 Å². The van der Waals surface area contributed by atoms with Gasteiger partial charge in [-0.05, 0) is 68.0 Å². The van der Waals surface area contributed by atoms with Crippen LogP contribution in [-0.2, 0) is 16.1 Å². The van der Waals surface area contributed by atoms with Crippen molar-refractivity contribution in [1.29, 1.82) is 0 Å². The van der Waals surface area contributed by atoms with E-state index in [1.54, 1.807) is 12.1 Å². The molecule has 6 atom stereocenters. The predicted molar refractivity (Wildman–Crippen MR) is 115 cm³/mol. The SMILES string of the molecule is O=C(N[C@H]1CCNC[C@@H]1F)[C@H]1[C@H](C(=O)NCc2ccc(Br)cc2F)[C@@H]2CC[C@H]1C21CC1. The number of piperidine rings is 1. The van der Waals surface area contributed by atoms with E-state index in [0.717, 1.165) is 25.7 Å². The Balaban J connectivity index is 1.32. The summed E-state index contributed by atoms with van der Waals surface area (Å²) in [6, 6.07) is 4.26. The molecule has 2 bridgehead atoms. The van der Waals surface area contributed by atoms with Crippen LogP contribution >= 0.6 is 15.9 Å². The van der Waals surface area contributed by atoms with Gasteiger partial charge in [0.2, 0.25) is 11.8 Å². The molecule has 2 amide bonds. The number of nitrogens with one attached hydrogen (secondary N) is 3. The van der Waals surface area contributed by atoms with Gasteiger partial charge in [0.1, 0.15) is 12.0 Å². The van der Waals surface area contributed by atoms with E-state index in [0.29, 0.717) is 23.0 Å². The Hall–Kier alpha value is -1.54. The third-order valence-electron chi connectivity index (χ3n) is 8.16. The maximum absolute atomic E-state index is 14.3. The molecule has 0 unspecified atom stereocenters. The lowest BCUT2D eigenvalue weighted by molar-refractivity contribution is -0.138. The van der Waals surface area contributed by atoms with Crippen molar-refractivity contribution in [3.8, 4) is 0 Å². The fourth-order valence-corrected chi connectivity index (χ4v) is 6.92. The molecular weight excluding hydrogens is 468 g/mol. The zero-order valence-electron chi connectivity index (χ0n) is 17.3. The number of hydrogen-bond donors (Lipinski definition) is 3. The third-order valence-corrected chi connectivity index (χ3v) is 8.65. The first-order chi connectivity index (χ1) is 14.9. The minimum atomic E-state index is -1.11. The van der Waals surface area contributed by atoms with Gasteiger partial charge in [0.25, 0.3) is 0 Å². The van der Waals surface area contributed by atoms with Crippen LogP contribution in [0.4, 0.5) is 8.78 Å². The van der Waals surface area contributed by atoms with Crippen molar-refractivity contribution in [2.24, 2.45) is 29.1 Å². The lowest BCUT2D eigenvalue weighted by atomic mass is 9.78. The summed E-state index contributed by atoms with van der Waals surface area (Å²) < 4.78 is 29.1. The van der Waals surface area contributed by atoms with Crippen LogP contribution in [-0.4, -0.2) is 37.1 Å². The Morgan fingerprint density at radius 3 is 2.48 bits per heavy atom. The molecule has 1 heterocycles. The smallest absolute Gasteiger partial charge is 0.224 e.